The van der Waals surface area contributed by atoms with Crippen LogP contribution in [-0.2, 0) is 10.0 Å². The van der Waals surface area contributed by atoms with E-state index in [-0.39, 0.29) is 4.90 Å². The van der Waals surface area contributed by atoms with Gasteiger partial charge in [-0.25, -0.2) is 0 Å². The summed E-state index contributed by atoms with van der Waals surface area (Å²) in [6.07, 6.45) is 3.27. The Bertz CT molecular complexity index is 812. The summed E-state index contributed by atoms with van der Waals surface area (Å²) in [7, 11) is -3.79. The van der Waals surface area contributed by atoms with Crippen molar-refractivity contribution < 1.29 is 8.42 Å². The molecule has 0 N–H and O–H groups in total. The molecular weight excluding hydrogens is 344 g/mol. The van der Waals surface area contributed by atoms with Crippen LogP contribution >= 0.6 is 11.6 Å². The predicted molar refractivity (Wildman–Crippen MR) is 97.0 cm³/mol. The van der Waals surface area contributed by atoms with Gasteiger partial charge in [0, 0.05) is 23.7 Å². The van der Waals surface area contributed by atoms with Crippen molar-refractivity contribution in [1.29, 1.82) is 0 Å². The monoisotopic (exact) mass is 362 g/mol. The first-order valence-corrected chi connectivity index (χ1v) is 9.79. The maximum Gasteiger partial charge on any atom is 0.284 e. The lowest BCUT2D eigenvalue weighted by Gasteiger charge is -2.29. The largest absolute Gasteiger partial charge is 0.355 e. The van der Waals surface area contributed by atoms with Gasteiger partial charge in [0.1, 0.15) is 5.84 Å². The van der Waals surface area contributed by atoms with Gasteiger partial charge in [0.15, 0.2) is 0 Å². The SMILES string of the molecule is O=S(=O)(N=C(c1ccccc1)N1CCCCC1)c1ccc(Cl)cc1. The first-order valence-electron chi connectivity index (χ1n) is 7.97. The van der Waals surface area contributed by atoms with Gasteiger partial charge in [0.25, 0.3) is 10.0 Å². The smallest absolute Gasteiger partial charge is 0.284 e. The molecule has 0 bridgehead atoms. The molecule has 24 heavy (non-hydrogen) atoms. The standard InChI is InChI=1S/C18H19ClN2O2S/c19-16-9-11-17(12-10-16)24(22,23)20-18(15-7-3-1-4-8-15)21-13-5-2-6-14-21/h1,3-4,7-12H,2,5-6,13-14H2. The highest BCUT2D eigenvalue weighted by Crippen LogP contribution is 2.20. The van der Waals surface area contributed by atoms with Crippen LogP contribution in [0, 0.1) is 0 Å². The van der Waals surface area contributed by atoms with Gasteiger partial charge in [0.05, 0.1) is 4.90 Å². The highest BCUT2D eigenvalue weighted by atomic mass is 35.5. The van der Waals surface area contributed by atoms with E-state index in [1.165, 1.54) is 18.6 Å². The average Bonchev–Trinajstić information content (AvgIpc) is 2.62. The van der Waals surface area contributed by atoms with E-state index >= 15 is 0 Å². The third kappa shape index (κ3) is 3.97. The Morgan fingerprint density at radius 2 is 1.54 bits per heavy atom. The summed E-state index contributed by atoms with van der Waals surface area (Å²) in [6.45, 7) is 1.65. The number of nitrogens with zero attached hydrogens (tertiary/aromatic N) is 2. The predicted octanol–water partition coefficient (Wildman–Crippen LogP) is 3.96. The molecule has 0 aromatic heterocycles. The number of hydrogen-bond acceptors (Lipinski definition) is 2. The third-order valence-electron chi connectivity index (χ3n) is 4.01. The Kier molecular flexibility index (Phi) is 5.21. The molecule has 0 aliphatic carbocycles. The van der Waals surface area contributed by atoms with E-state index in [0.717, 1.165) is 31.5 Å². The van der Waals surface area contributed by atoms with Crippen LogP contribution in [0.2, 0.25) is 5.02 Å². The van der Waals surface area contributed by atoms with Gasteiger partial charge < -0.3 is 4.90 Å². The topological polar surface area (TPSA) is 49.7 Å². The second-order valence-electron chi connectivity index (χ2n) is 5.76. The molecule has 3 rings (SSSR count). The van der Waals surface area contributed by atoms with Crippen molar-refractivity contribution in [3.63, 3.8) is 0 Å². The highest BCUT2D eigenvalue weighted by molar-refractivity contribution is 7.90. The molecule has 4 nitrogen and oxygen atoms in total. The third-order valence-corrected chi connectivity index (χ3v) is 5.54. The van der Waals surface area contributed by atoms with Gasteiger partial charge in [-0.2, -0.15) is 8.42 Å². The lowest BCUT2D eigenvalue weighted by Crippen LogP contribution is -2.36. The first kappa shape index (κ1) is 17.0. The van der Waals surface area contributed by atoms with Crippen molar-refractivity contribution in [2.45, 2.75) is 24.2 Å². The average molecular weight is 363 g/mol. The molecule has 6 heteroatoms. The second kappa shape index (κ2) is 7.36. The number of halogens is 1. The van der Waals surface area contributed by atoms with E-state index in [1.54, 1.807) is 12.1 Å². The minimum absolute atomic E-state index is 0.150. The molecule has 0 radical (unpaired) electrons. The van der Waals surface area contributed by atoms with Crippen molar-refractivity contribution in [1.82, 2.24) is 4.90 Å². The Labute approximate surface area is 147 Å². The molecule has 126 valence electrons. The van der Waals surface area contributed by atoms with Crippen molar-refractivity contribution in [3.8, 4) is 0 Å². The van der Waals surface area contributed by atoms with E-state index < -0.39 is 10.0 Å². The van der Waals surface area contributed by atoms with E-state index in [1.807, 2.05) is 30.3 Å². The molecule has 1 saturated heterocycles. The summed E-state index contributed by atoms with van der Waals surface area (Å²) in [6, 6.07) is 15.6. The number of sulfonamides is 1. The normalized spacial score (nSPS) is 16.2. The van der Waals surface area contributed by atoms with Gasteiger partial charge >= 0.3 is 0 Å². The van der Waals surface area contributed by atoms with Crippen LogP contribution in [-0.4, -0.2) is 32.2 Å². The molecule has 2 aromatic rings. The van der Waals surface area contributed by atoms with Gasteiger partial charge in [-0.15, -0.1) is 4.40 Å². The van der Waals surface area contributed by atoms with Crippen LogP contribution in [0.4, 0.5) is 0 Å². The molecule has 1 fully saturated rings. The van der Waals surface area contributed by atoms with Gasteiger partial charge in [0.2, 0.25) is 0 Å². The summed E-state index contributed by atoms with van der Waals surface area (Å²) < 4.78 is 29.6. The maximum absolute atomic E-state index is 12.7. The van der Waals surface area contributed by atoms with Crippen LogP contribution in [0.5, 0.6) is 0 Å². The minimum atomic E-state index is -3.79. The van der Waals surface area contributed by atoms with Crippen molar-refractivity contribution >= 4 is 27.5 Å². The van der Waals surface area contributed by atoms with Crippen molar-refractivity contribution in [3.05, 3.63) is 65.2 Å². The quantitative estimate of drug-likeness (QED) is 0.613. The van der Waals surface area contributed by atoms with E-state index in [9.17, 15) is 8.42 Å². The number of piperidine rings is 1. The number of hydrogen-bond donors (Lipinski definition) is 0. The Morgan fingerprint density at radius 3 is 2.17 bits per heavy atom. The molecule has 0 amide bonds. The lowest BCUT2D eigenvalue weighted by molar-refractivity contribution is 0.343. The second-order valence-corrected chi connectivity index (χ2v) is 7.80. The molecular formula is C18H19ClN2O2S. The number of amidine groups is 1. The molecule has 1 heterocycles. The molecule has 0 atom stereocenters. The molecule has 0 unspecified atom stereocenters. The first-order chi connectivity index (χ1) is 11.6. The summed E-state index contributed by atoms with van der Waals surface area (Å²) in [5.74, 6) is 0.519. The molecule has 0 spiro atoms. The summed E-state index contributed by atoms with van der Waals surface area (Å²) in [4.78, 5) is 2.21. The molecule has 1 aliphatic heterocycles. The molecule has 2 aromatic carbocycles. The zero-order valence-corrected chi connectivity index (χ0v) is 14.8. The number of likely N-dealkylation sites (tertiary alicyclic amines) is 1. The van der Waals surface area contributed by atoms with E-state index in [4.69, 9.17) is 11.6 Å². The highest BCUT2D eigenvalue weighted by Gasteiger charge is 2.21. The summed E-state index contributed by atoms with van der Waals surface area (Å²) in [5, 5.41) is 0.497. The van der Waals surface area contributed by atoms with E-state index in [2.05, 4.69) is 9.30 Å². The minimum Gasteiger partial charge on any atom is -0.355 e. The van der Waals surface area contributed by atoms with Crippen LogP contribution in [0.25, 0.3) is 0 Å². The van der Waals surface area contributed by atoms with Gasteiger partial charge in [-0.3, -0.25) is 0 Å². The Hall–Kier alpha value is -1.85. The summed E-state index contributed by atoms with van der Waals surface area (Å²) >= 11 is 5.85. The summed E-state index contributed by atoms with van der Waals surface area (Å²) in [5.41, 5.74) is 0.817. The van der Waals surface area contributed by atoms with E-state index in [0.29, 0.717) is 10.9 Å². The zero-order valence-electron chi connectivity index (χ0n) is 13.2. The lowest BCUT2D eigenvalue weighted by atomic mass is 10.1. The van der Waals surface area contributed by atoms with Gasteiger partial charge in [-0.05, 0) is 43.5 Å². The van der Waals surface area contributed by atoms with Crippen molar-refractivity contribution in [2.24, 2.45) is 4.40 Å². The maximum atomic E-state index is 12.7. The van der Waals surface area contributed by atoms with Gasteiger partial charge in [-0.1, -0.05) is 41.9 Å². The number of benzene rings is 2. The fourth-order valence-electron chi connectivity index (χ4n) is 2.76. The van der Waals surface area contributed by atoms with Crippen molar-refractivity contribution in [2.75, 3.05) is 13.1 Å². The van der Waals surface area contributed by atoms with Crippen LogP contribution < -0.4 is 0 Å². The Balaban J connectivity index is 2.03. The Morgan fingerprint density at radius 1 is 0.917 bits per heavy atom. The van der Waals surface area contributed by atoms with Crippen LogP contribution in [0.1, 0.15) is 24.8 Å². The number of rotatable bonds is 3. The molecule has 0 saturated carbocycles. The fraction of sp³-hybridized carbons (Fsp3) is 0.278. The zero-order chi connectivity index (χ0) is 17.0. The molecule has 1 aliphatic rings. The van der Waals surface area contributed by atoms with Crippen LogP contribution in [0.15, 0.2) is 63.9 Å². The fourth-order valence-corrected chi connectivity index (χ4v) is 3.92. The van der Waals surface area contributed by atoms with Crippen LogP contribution in [0.3, 0.4) is 0 Å².